The minimum absolute atomic E-state index is 0.103. The molecule has 2 aromatic carbocycles. The van der Waals surface area contributed by atoms with Gasteiger partial charge in [-0.25, -0.2) is 5.48 Å². The zero-order valence-corrected chi connectivity index (χ0v) is 17.2. The lowest BCUT2D eigenvalue weighted by molar-refractivity contribution is -0.153. The average Bonchev–Trinajstić information content (AvgIpc) is 2.69. The Balaban J connectivity index is 2.02. The Morgan fingerprint density at radius 2 is 1.57 bits per heavy atom. The number of hydroxylamine groups is 1. The van der Waals surface area contributed by atoms with Gasteiger partial charge in [0, 0.05) is 11.6 Å². The van der Waals surface area contributed by atoms with Crippen LogP contribution in [-0.2, 0) is 20.7 Å². The number of hydrogen-bond donors (Lipinski definition) is 2. The summed E-state index contributed by atoms with van der Waals surface area (Å²) in [5.41, 5.74) is 3.76. The van der Waals surface area contributed by atoms with Gasteiger partial charge in [-0.05, 0) is 55.7 Å². The van der Waals surface area contributed by atoms with E-state index >= 15 is 0 Å². The number of rotatable bonds is 7. The molecular weight excluding hydrogens is 382 g/mol. The number of esters is 1. The molecule has 0 aliphatic rings. The number of hydrogen-bond acceptors (Lipinski definition) is 5. The molecule has 2 rings (SSSR count). The van der Waals surface area contributed by atoms with Crippen LogP contribution in [0.3, 0.4) is 0 Å². The molecule has 30 heavy (non-hydrogen) atoms. The van der Waals surface area contributed by atoms with Crippen molar-refractivity contribution in [3.8, 4) is 0 Å². The maximum absolute atomic E-state index is 12.5. The van der Waals surface area contributed by atoms with Crippen LogP contribution in [0.2, 0.25) is 0 Å². The molecule has 0 bridgehead atoms. The molecule has 2 N–H and O–H groups in total. The minimum Gasteiger partial charge on any atom is -0.460 e. The number of ether oxygens (including phenoxy) is 1. The molecule has 0 saturated heterocycles. The molecule has 0 atom stereocenters. The standard InChI is InChI=1S/C24H25NO5/c1-24(2,3)30-23(28)16-19-5-4-6-20(15-19)21(26)13-11-17-7-9-18(10-8-17)12-14-22(27)25-29/h4-15,29H,16H2,1-3H3,(H,25,27)/b13-11+,14-12+. The van der Waals surface area contributed by atoms with Gasteiger partial charge in [0.15, 0.2) is 5.78 Å². The summed E-state index contributed by atoms with van der Waals surface area (Å²) in [7, 11) is 0. The van der Waals surface area contributed by atoms with Crippen LogP contribution in [0.25, 0.3) is 12.2 Å². The molecule has 0 fully saturated rings. The summed E-state index contributed by atoms with van der Waals surface area (Å²) >= 11 is 0. The summed E-state index contributed by atoms with van der Waals surface area (Å²) in [5.74, 6) is -1.13. The third-order valence-electron chi connectivity index (χ3n) is 3.88. The summed E-state index contributed by atoms with van der Waals surface area (Å²) in [4.78, 5) is 35.5. The molecule has 0 aliphatic carbocycles. The number of carbonyl (C=O) groups is 3. The summed E-state index contributed by atoms with van der Waals surface area (Å²) in [5, 5.41) is 8.46. The summed E-state index contributed by atoms with van der Waals surface area (Å²) in [6.45, 7) is 5.43. The second kappa shape index (κ2) is 10.3. The van der Waals surface area contributed by atoms with Crippen molar-refractivity contribution in [3.63, 3.8) is 0 Å². The van der Waals surface area contributed by atoms with Crippen LogP contribution >= 0.6 is 0 Å². The van der Waals surface area contributed by atoms with E-state index in [9.17, 15) is 14.4 Å². The zero-order chi connectivity index (χ0) is 22.1. The molecule has 0 unspecified atom stereocenters. The van der Waals surface area contributed by atoms with E-state index in [1.54, 1.807) is 60.7 Å². The second-order valence-electron chi connectivity index (χ2n) is 7.64. The smallest absolute Gasteiger partial charge is 0.310 e. The van der Waals surface area contributed by atoms with Crippen LogP contribution in [0.4, 0.5) is 0 Å². The van der Waals surface area contributed by atoms with Crippen molar-refractivity contribution >= 4 is 29.8 Å². The van der Waals surface area contributed by atoms with Gasteiger partial charge in [0.1, 0.15) is 5.60 Å². The fourth-order valence-corrected chi connectivity index (χ4v) is 2.57. The van der Waals surface area contributed by atoms with Gasteiger partial charge in [-0.3, -0.25) is 19.6 Å². The van der Waals surface area contributed by atoms with Crippen molar-refractivity contribution in [2.75, 3.05) is 0 Å². The van der Waals surface area contributed by atoms with Gasteiger partial charge >= 0.3 is 5.97 Å². The van der Waals surface area contributed by atoms with Crippen LogP contribution in [0.5, 0.6) is 0 Å². The highest BCUT2D eigenvalue weighted by Crippen LogP contribution is 2.13. The normalized spacial score (nSPS) is 11.6. The predicted molar refractivity (Wildman–Crippen MR) is 115 cm³/mol. The largest absolute Gasteiger partial charge is 0.460 e. The first kappa shape index (κ1) is 22.8. The molecule has 1 amide bonds. The lowest BCUT2D eigenvalue weighted by Gasteiger charge is -2.19. The van der Waals surface area contributed by atoms with Crippen molar-refractivity contribution < 1.29 is 24.3 Å². The van der Waals surface area contributed by atoms with E-state index in [0.717, 1.165) is 11.1 Å². The first-order chi connectivity index (χ1) is 14.2. The minimum atomic E-state index is -0.613. The summed E-state index contributed by atoms with van der Waals surface area (Å²) in [6, 6.07) is 14.1. The highest BCUT2D eigenvalue weighted by Gasteiger charge is 2.16. The van der Waals surface area contributed by atoms with E-state index in [0.29, 0.717) is 11.1 Å². The molecule has 6 heteroatoms. The third-order valence-corrected chi connectivity index (χ3v) is 3.88. The van der Waals surface area contributed by atoms with Gasteiger partial charge < -0.3 is 4.74 Å². The van der Waals surface area contributed by atoms with Crippen LogP contribution in [0.1, 0.15) is 47.8 Å². The fourth-order valence-electron chi connectivity index (χ4n) is 2.57. The van der Waals surface area contributed by atoms with Gasteiger partial charge in [-0.15, -0.1) is 0 Å². The van der Waals surface area contributed by atoms with Crippen LogP contribution in [0, 0.1) is 0 Å². The summed E-state index contributed by atoms with van der Waals surface area (Å²) in [6.07, 6.45) is 6.03. The monoisotopic (exact) mass is 407 g/mol. The van der Waals surface area contributed by atoms with Crippen LogP contribution < -0.4 is 5.48 Å². The molecule has 0 aliphatic heterocycles. The number of ketones is 1. The lowest BCUT2D eigenvalue weighted by atomic mass is 10.0. The van der Waals surface area contributed by atoms with Gasteiger partial charge in [0.05, 0.1) is 6.42 Å². The Bertz CT molecular complexity index is 966. The SMILES string of the molecule is CC(C)(C)OC(=O)Cc1cccc(C(=O)/C=C/c2ccc(/C=C/C(=O)NO)cc2)c1. The quantitative estimate of drug-likeness (QED) is 0.238. The molecule has 156 valence electrons. The number of nitrogens with one attached hydrogen (secondary N) is 1. The third kappa shape index (κ3) is 7.85. The van der Waals surface area contributed by atoms with E-state index in [4.69, 9.17) is 9.94 Å². The topological polar surface area (TPSA) is 92.7 Å². The van der Waals surface area contributed by atoms with E-state index in [2.05, 4.69) is 0 Å². The Kier molecular flexibility index (Phi) is 7.83. The molecule has 0 saturated carbocycles. The number of benzene rings is 2. The van der Waals surface area contributed by atoms with Crippen LogP contribution in [-0.4, -0.2) is 28.5 Å². The van der Waals surface area contributed by atoms with Crippen LogP contribution in [0.15, 0.2) is 60.7 Å². The molecule has 0 radical (unpaired) electrons. The van der Waals surface area contributed by atoms with Gasteiger partial charge in [-0.2, -0.15) is 0 Å². The van der Waals surface area contributed by atoms with Gasteiger partial charge in [-0.1, -0.05) is 48.5 Å². The van der Waals surface area contributed by atoms with Crippen molar-refractivity contribution in [2.24, 2.45) is 0 Å². The molecule has 2 aromatic rings. The number of allylic oxidation sites excluding steroid dienone is 1. The van der Waals surface area contributed by atoms with Crippen molar-refractivity contribution in [1.82, 2.24) is 5.48 Å². The summed E-state index contributed by atoms with van der Waals surface area (Å²) < 4.78 is 5.32. The van der Waals surface area contributed by atoms with Gasteiger partial charge in [0.2, 0.25) is 0 Å². The van der Waals surface area contributed by atoms with Crippen molar-refractivity contribution in [2.45, 2.75) is 32.8 Å². The molecule has 6 nitrogen and oxygen atoms in total. The highest BCUT2D eigenvalue weighted by atomic mass is 16.6. The first-order valence-corrected chi connectivity index (χ1v) is 9.42. The molecule has 0 aromatic heterocycles. The Morgan fingerprint density at radius 3 is 2.13 bits per heavy atom. The molecular formula is C24H25NO5. The van der Waals surface area contributed by atoms with E-state index in [1.165, 1.54) is 17.6 Å². The van der Waals surface area contributed by atoms with Gasteiger partial charge in [0.25, 0.3) is 5.91 Å². The van der Waals surface area contributed by atoms with Crippen molar-refractivity contribution in [1.29, 1.82) is 0 Å². The average molecular weight is 407 g/mol. The highest BCUT2D eigenvalue weighted by molar-refractivity contribution is 6.07. The molecule has 0 heterocycles. The van der Waals surface area contributed by atoms with E-state index < -0.39 is 11.5 Å². The fraction of sp³-hybridized carbons (Fsp3) is 0.208. The zero-order valence-electron chi connectivity index (χ0n) is 17.2. The first-order valence-electron chi connectivity index (χ1n) is 9.42. The van der Waals surface area contributed by atoms with Crippen molar-refractivity contribution in [3.05, 3.63) is 82.9 Å². The maximum atomic E-state index is 12.5. The lowest BCUT2D eigenvalue weighted by Crippen LogP contribution is -2.24. The number of carbonyl (C=O) groups excluding carboxylic acids is 3. The second-order valence-corrected chi connectivity index (χ2v) is 7.64. The van der Waals surface area contributed by atoms with E-state index in [-0.39, 0.29) is 18.2 Å². The molecule has 0 spiro atoms. The number of amides is 1. The Hall–Kier alpha value is -3.51. The Morgan fingerprint density at radius 1 is 0.967 bits per heavy atom. The predicted octanol–water partition coefficient (Wildman–Crippen LogP) is 3.99. The van der Waals surface area contributed by atoms with E-state index in [1.807, 2.05) is 20.8 Å². The maximum Gasteiger partial charge on any atom is 0.310 e. The Labute approximate surface area is 175 Å².